The van der Waals surface area contributed by atoms with Crippen LogP contribution in [0.5, 0.6) is 0 Å². The molecule has 4 rings (SSSR count). The van der Waals surface area contributed by atoms with Crippen LogP contribution in [-0.4, -0.2) is 11.2 Å². The van der Waals surface area contributed by atoms with Crippen molar-refractivity contribution in [3.8, 4) is 22.3 Å². The summed E-state index contributed by atoms with van der Waals surface area (Å²) in [5.74, 6) is 0. The Hall–Kier alpha value is -2.06. The molecule has 1 nitrogen and oxygen atoms in total. The van der Waals surface area contributed by atoms with E-state index >= 15 is 0 Å². The Morgan fingerprint density at radius 2 is 1.61 bits per heavy atom. The largest absolute Gasteiger partial charge is 0.245 e. The van der Waals surface area contributed by atoms with Gasteiger partial charge in [0.15, 0.2) is 0 Å². The lowest BCUT2D eigenvalue weighted by Crippen LogP contribution is -2.02. The third-order valence-corrected chi connectivity index (χ3v) is 6.49. The van der Waals surface area contributed by atoms with Crippen LogP contribution in [-0.2, 0) is 12.8 Å². The van der Waals surface area contributed by atoms with Gasteiger partial charge in [-0.15, -0.1) is 11.8 Å². The molecule has 28 heavy (non-hydrogen) atoms. The van der Waals surface area contributed by atoms with Gasteiger partial charge in [-0.1, -0.05) is 87.2 Å². The van der Waals surface area contributed by atoms with Gasteiger partial charge in [-0.3, -0.25) is 0 Å². The third kappa shape index (κ3) is 3.75. The molecule has 1 aliphatic carbocycles. The third-order valence-electron chi connectivity index (χ3n) is 5.77. The second-order valence-electron chi connectivity index (χ2n) is 7.66. The summed E-state index contributed by atoms with van der Waals surface area (Å²) in [6, 6.07) is 19.8. The number of fused-ring (bicyclic) bond motifs is 3. The molecule has 144 valence electrons. The fraction of sp³-hybridized carbons (Fsp3) is 0.346. The van der Waals surface area contributed by atoms with Crippen molar-refractivity contribution in [2.45, 2.75) is 56.9 Å². The zero-order chi connectivity index (χ0) is 19.3. The topological polar surface area (TPSA) is 12.9 Å². The molecule has 0 amide bonds. The summed E-state index contributed by atoms with van der Waals surface area (Å²) >= 11 is 1.81. The number of hydrogen-bond acceptors (Lipinski definition) is 2. The highest BCUT2D eigenvalue weighted by Crippen LogP contribution is 2.46. The number of thioether (sulfide) groups is 1. The van der Waals surface area contributed by atoms with E-state index in [0.29, 0.717) is 0 Å². The van der Waals surface area contributed by atoms with Gasteiger partial charge in [-0.25, -0.2) is 4.98 Å². The van der Waals surface area contributed by atoms with Crippen LogP contribution in [0.4, 0.5) is 0 Å². The van der Waals surface area contributed by atoms with Crippen molar-refractivity contribution in [3.63, 3.8) is 0 Å². The maximum atomic E-state index is 5.15. The van der Waals surface area contributed by atoms with Crippen LogP contribution < -0.4 is 0 Å². The highest BCUT2D eigenvalue weighted by Gasteiger charge is 2.27. The van der Waals surface area contributed by atoms with Crippen LogP contribution >= 0.6 is 11.8 Å². The first-order valence-corrected chi connectivity index (χ1v) is 11.8. The van der Waals surface area contributed by atoms with E-state index < -0.39 is 0 Å². The summed E-state index contributed by atoms with van der Waals surface area (Å²) in [4.78, 5) is 5.15. The van der Waals surface area contributed by atoms with E-state index in [9.17, 15) is 0 Å². The van der Waals surface area contributed by atoms with Crippen molar-refractivity contribution < 1.29 is 0 Å². The minimum absolute atomic E-state index is 0.954. The molecule has 0 bridgehead atoms. The van der Waals surface area contributed by atoms with Crippen molar-refractivity contribution >= 4 is 11.8 Å². The van der Waals surface area contributed by atoms with Gasteiger partial charge in [0.2, 0.25) is 0 Å². The quantitative estimate of drug-likeness (QED) is 0.228. The molecule has 0 saturated carbocycles. The summed E-state index contributed by atoms with van der Waals surface area (Å²) in [7, 11) is 0. The molecule has 0 spiro atoms. The molecule has 0 saturated heterocycles. The van der Waals surface area contributed by atoms with Crippen molar-refractivity contribution in [1.82, 2.24) is 4.98 Å². The van der Waals surface area contributed by atoms with Crippen LogP contribution in [0, 0.1) is 0 Å². The minimum atomic E-state index is 0.954. The van der Waals surface area contributed by atoms with Gasteiger partial charge >= 0.3 is 0 Å². The van der Waals surface area contributed by atoms with Crippen LogP contribution in [0.1, 0.15) is 55.8 Å². The second-order valence-corrected chi connectivity index (χ2v) is 8.46. The molecular weight excluding hydrogens is 358 g/mol. The van der Waals surface area contributed by atoms with Crippen molar-refractivity contribution in [2.75, 3.05) is 6.26 Å². The van der Waals surface area contributed by atoms with Crippen molar-refractivity contribution in [1.29, 1.82) is 0 Å². The SMILES string of the molecule is CCCCCCCc1c(SC)nc2c(c1-c1ccccc1)-c1ccccc1C2. The van der Waals surface area contributed by atoms with Gasteiger partial charge in [0.25, 0.3) is 0 Å². The molecule has 0 atom stereocenters. The molecule has 2 heteroatoms. The zero-order valence-electron chi connectivity index (χ0n) is 17.0. The molecule has 0 fully saturated rings. The maximum absolute atomic E-state index is 5.15. The lowest BCUT2D eigenvalue weighted by Gasteiger charge is -2.19. The van der Waals surface area contributed by atoms with E-state index in [-0.39, 0.29) is 0 Å². The Morgan fingerprint density at radius 3 is 2.39 bits per heavy atom. The van der Waals surface area contributed by atoms with Crippen LogP contribution in [0.2, 0.25) is 0 Å². The fourth-order valence-electron chi connectivity index (χ4n) is 4.39. The number of pyridine rings is 1. The first kappa shape index (κ1) is 19.3. The molecule has 0 N–H and O–H groups in total. The molecule has 0 aliphatic heterocycles. The Labute approximate surface area is 173 Å². The minimum Gasteiger partial charge on any atom is -0.245 e. The molecule has 1 heterocycles. The van der Waals surface area contributed by atoms with E-state index in [1.807, 2.05) is 0 Å². The van der Waals surface area contributed by atoms with E-state index in [0.717, 1.165) is 12.8 Å². The Kier molecular flexibility index (Phi) is 6.17. The molecule has 0 unspecified atom stereocenters. The van der Waals surface area contributed by atoms with E-state index in [1.165, 1.54) is 76.2 Å². The molecule has 0 radical (unpaired) electrons. The van der Waals surface area contributed by atoms with Gasteiger partial charge in [-0.2, -0.15) is 0 Å². The average molecular weight is 388 g/mol. The van der Waals surface area contributed by atoms with Gasteiger partial charge in [0, 0.05) is 12.0 Å². The summed E-state index contributed by atoms with van der Waals surface area (Å²) in [5.41, 5.74) is 9.62. The predicted octanol–water partition coefficient (Wildman–Crippen LogP) is 7.55. The summed E-state index contributed by atoms with van der Waals surface area (Å²) in [6.45, 7) is 2.28. The molecule has 1 aromatic heterocycles. The van der Waals surface area contributed by atoms with E-state index in [1.54, 1.807) is 11.8 Å². The van der Waals surface area contributed by atoms with E-state index in [2.05, 4.69) is 67.8 Å². The molecule has 1 aliphatic rings. The number of rotatable bonds is 8. The summed E-state index contributed by atoms with van der Waals surface area (Å²) in [5, 5.41) is 1.22. The van der Waals surface area contributed by atoms with Gasteiger partial charge in [-0.05, 0) is 46.9 Å². The predicted molar refractivity (Wildman–Crippen MR) is 122 cm³/mol. The Morgan fingerprint density at radius 1 is 0.857 bits per heavy atom. The average Bonchev–Trinajstić information content (AvgIpc) is 3.11. The van der Waals surface area contributed by atoms with Crippen molar-refractivity contribution in [3.05, 3.63) is 71.4 Å². The lowest BCUT2D eigenvalue weighted by molar-refractivity contribution is 0.629. The Bertz CT molecular complexity index is 946. The van der Waals surface area contributed by atoms with Crippen molar-refractivity contribution in [2.24, 2.45) is 0 Å². The second kappa shape index (κ2) is 8.96. The maximum Gasteiger partial charge on any atom is 0.0999 e. The van der Waals surface area contributed by atoms with Gasteiger partial charge < -0.3 is 0 Å². The first-order chi connectivity index (χ1) is 13.8. The lowest BCUT2D eigenvalue weighted by atomic mass is 9.90. The van der Waals surface area contributed by atoms with Crippen LogP contribution in [0.15, 0.2) is 59.6 Å². The Balaban J connectivity index is 1.83. The zero-order valence-corrected chi connectivity index (χ0v) is 17.8. The molecule has 2 aromatic carbocycles. The monoisotopic (exact) mass is 387 g/mol. The highest BCUT2D eigenvalue weighted by atomic mass is 32.2. The number of aromatic nitrogens is 1. The summed E-state index contributed by atoms with van der Waals surface area (Å²) in [6.07, 6.45) is 10.8. The van der Waals surface area contributed by atoms with Gasteiger partial charge in [0.05, 0.1) is 10.7 Å². The molecular formula is C26H29NS. The van der Waals surface area contributed by atoms with E-state index in [4.69, 9.17) is 4.98 Å². The van der Waals surface area contributed by atoms with Crippen LogP contribution in [0.25, 0.3) is 22.3 Å². The standard InChI is InChI=1S/C26H29NS/c1-3-4-5-6-10-17-22-24(19-13-8-7-9-14-19)25-21-16-12-11-15-20(21)18-23(25)27-26(22)28-2/h7-9,11-16H,3-6,10,17-18H2,1-2H3. The normalized spacial score (nSPS) is 12.1. The number of nitrogens with zero attached hydrogens (tertiary/aromatic N) is 1. The number of unbranched alkanes of at least 4 members (excludes halogenated alkanes) is 4. The van der Waals surface area contributed by atoms with Gasteiger partial charge in [0.1, 0.15) is 0 Å². The fourth-order valence-corrected chi connectivity index (χ4v) is 5.05. The highest BCUT2D eigenvalue weighted by molar-refractivity contribution is 7.98. The number of hydrogen-bond donors (Lipinski definition) is 0. The number of benzene rings is 2. The molecule has 3 aromatic rings. The first-order valence-electron chi connectivity index (χ1n) is 10.6. The summed E-state index contributed by atoms with van der Waals surface area (Å²) < 4.78 is 0. The smallest absolute Gasteiger partial charge is 0.0999 e. The van der Waals surface area contributed by atoms with Crippen LogP contribution in [0.3, 0.4) is 0 Å².